The Morgan fingerprint density at radius 1 is 1.40 bits per heavy atom. The van der Waals surface area contributed by atoms with Gasteiger partial charge in [-0.1, -0.05) is 0 Å². The maximum absolute atomic E-state index is 11.3. The van der Waals surface area contributed by atoms with Crippen molar-refractivity contribution in [2.45, 2.75) is 33.8 Å². The molecule has 4 nitrogen and oxygen atoms in total. The molecule has 1 heterocycles. The topological polar surface area (TPSA) is 51.2 Å². The molecule has 1 amide bonds. The molecule has 0 unspecified atom stereocenters. The smallest absolute Gasteiger partial charge is 0.413 e. The van der Waals surface area contributed by atoms with Gasteiger partial charge < -0.3 is 4.74 Å². The van der Waals surface area contributed by atoms with Crippen LogP contribution in [0.1, 0.15) is 25.1 Å². The minimum Gasteiger partial charge on any atom is -0.447 e. The highest BCUT2D eigenvalue weighted by Crippen LogP contribution is 2.09. The number of anilines is 1. The lowest BCUT2D eigenvalue weighted by atomic mass is 10.2. The molecule has 1 aromatic rings. The fraction of sp³-hybridized carbons (Fsp3) is 0.455. The highest BCUT2D eigenvalue weighted by Gasteiger charge is 2.06. The van der Waals surface area contributed by atoms with Crippen LogP contribution in [-0.4, -0.2) is 17.2 Å². The summed E-state index contributed by atoms with van der Waals surface area (Å²) < 4.78 is 4.94. The van der Waals surface area contributed by atoms with Gasteiger partial charge in [0.2, 0.25) is 0 Å². The monoisotopic (exact) mass is 208 g/mol. The van der Waals surface area contributed by atoms with E-state index in [0.29, 0.717) is 5.82 Å². The fourth-order valence-corrected chi connectivity index (χ4v) is 1.25. The summed E-state index contributed by atoms with van der Waals surface area (Å²) in [7, 11) is 0. The van der Waals surface area contributed by atoms with Gasteiger partial charge in [0.15, 0.2) is 0 Å². The third kappa shape index (κ3) is 3.97. The number of hydrogen-bond acceptors (Lipinski definition) is 3. The number of amides is 1. The van der Waals surface area contributed by atoms with Gasteiger partial charge in [-0.2, -0.15) is 0 Å². The van der Waals surface area contributed by atoms with Gasteiger partial charge in [-0.05, 0) is 45.4 Å². The minimum atomic E-state index is -0.470. The molecule has 15 heavy (non-hydrogen) atoms. The summed E-state index contributed by atoms with van der Waals surface area (Å²) in [5, 5.41) is 2.58. The van der Waals surface area contributed by atoms with Gasteiger partial charge in [0.05, 0.1) is 6.10 Å². The molecule has 0 aliphatic heterocycles. The second-order valence-corrected chi connectivity index (χ2v) is 3.75. The highest BCUT2D eigenvalue weighted by molar-refractivity contribution is 5.83. The summed E-state index contributed by atoms with van der Waals surface area (Å²) in [5.74, 6) is 0.526. The van der Waals surface area contributed by atoms with Gasteiger partial charge >= 0.3 is 6.09 Å². The number of aromatic nitrogens is 1. The first-order valence-electron chi connectivity index (χ1n) is 4.90. The first-order valence-corrected chi connectivity index (χ1v) is 4.90. The van der Waals surface area contributed by atoms with Gasteiger partial charge in [0.1, 0.15) is 5.82 Å². The number of pyridine rings is 1. The zero-order valence-electron chi connectivity index (χ0n) is 9.50. The van der Waals surface area contributed by atoms with Crippen molar-refractivity contribution in [3.8, 4) is 0 Å². The van der Waals surface area contributed by atoms with E-state index in [1.807, 2.05) is 19.9 Å². The second kappa shape index (κ2) is 4.77. The largest absolute Gasteiger partial charge is 0.447 e. The molecule has 0 spiro atoms. The van der Waals surface area contributed by atoms with E-state index in [9.17, 15) is 4.79 Å². The maximum Gasteiger partial charge on any atom is 0.413 e. The van der Waals surface area contributed by atoms with Crippen molar-refractivity contribution in [3.05, 3.63) is 23.4 Å². The molecule has 0 fully saturated rings. The summed E-state index contributed by atoms with van der Waals surface area (Å²) >= 11 is 0. The fourth-order valence-electron chi connectivity index (χ4n) is 1.25. The quantitative estimate of drug-likeness (QED) is 0.812. The second-order valence-electron chi connectivity index (χ2n) is 3.75. The standard InChI is InChI=1S/C11H16N2O2/c1-7(2)15-11(14)13-10-6-8(3)5-9(4)12-10/h5-7H,1-4H3,(H,12,13,14). The van der Waals surface area contributed by atoms with Crippen LogP contribution in [0.25, 0.3) is 0 Å². The van der Waals surface area contributed by atoms with Crippen LogP contribution in [-0.2, 0) is 4.74 Å². The average molecular weight is 208 g/mol. The molecule has 0 saturated carbocycles. The molecule has 0 atom stereocenters. The van der Waals surface area contributed by atoms with Crippen LogP contribution in [0.4, 0.5) is 10.6 Å². The van der Waals surface area contributed by atoms with Crippen LogP contribution < -0.4 is 5.32 Å². The van der Waals surface area contributed by atoms with Crippen LogP contribution in [0.15, 0.2) is 12.1 Å². The third-order valence-electron chi connectivity index (χ3n) is 1.67. The highest BCUT2D eigenvalue weighted by atomic mass is 16.6. The minimum absolute atomic E-state index is 0.129. The number of aryl methyl sites for hydroxylation is 2. The van der Waals surface area contributed by atoms with Gasteiger partial charge in [-0.15, -0.1) is 0 Å². The number of ether oxygens (including phenoxy) is 1. The lowest BCUT2D eigenvalue weighted by Gasteiger charge is -2.09. The summed E-state index contributed by atoms with van der Waals surface area (Å²) in [6.07, 6.45) is -0.599. The lowest BCUT2D eigenvalue weighted by molar-refractivity contribution is 0.130. The molecule has 1 N–H and O–H groups in total. The van der Waals surface area contributed by atoms with Gasteiger partial charge in [0, 0.05) is 5.69 Å². The van der Waals surface area contributed by atoms with E-state index in [2.05, 4.69) is 10.3 Å². The van der Waals surface area contributed by atoms with Crippen molar-refractivity contribution in [1.29, 1.82) is 0 Å². The molecule has 0 aliphatic rings. The number of hydrogen-bond donors (Lipinski definition) is 1. The molecular formula is C11H16N2O2. The zero-order valence-corrected chi connectivity index (χ0v) is 9.50. The van der Waals surface area contributed by atoms with E-state index in [0.717, 1.165) is 11.3 Å². The molecule has 1 rings (SSSR count). The molecule has 4 heteroatoms. The normalized spacial score (nSPS) is 10.2. The first-order chi connectivity index (χ1) is 6.97. The Morgan fingerprint density at radius 3 is 2.60 bits per heavy atom. The van der Waals surface area contributed by atoms with Crippen molar-refractivity contribution in [2.75, 3.05) is 5.32 Å². The van der Waals surface area contributed by atoms with E-state index in [4.69, 9.17) is 4.74 Å². The molecule has 0 radical (unpaired) electrons. The van der Waals surface area contributed by atoms with Gasteiger partial charge in [0.25, 0.3) is 0 Å². The Hall–Kier alpha value is -1.58. The molecule has 0 saturated heterocycles. The SMILES string of the molecule is Cc1cc(C)nc(NC(=O)OC(C)C)c1. The Labute approximate surface area is 89.7 Å². The van der Waals surface area contributed by atoms with Crippen LogP contribution in [0, 0.1) is 13.8 Å². The van der Waals surface area contributed by atoms with E-state index in [-0.39, 0.29) is 6.10 Å². The Morgan fingerprint density at radius 2 is 2.07 bits per heavy atom. The van der Waals surface area contributed by atoms with Crippen LogP contribution >= 0.6 is 0 Å². The number of nitrogens with one attached hydrogen (secondary N) is 1. The van der Waals surface area contributed by atoms with Gasteiger partial charge in [-0.3, -0.25) is 5.32 Å². The van der Waals surface area contributed by atoms with Crippen molar-refractivity contribution < 1.29 is 9.53 Å². The van der Waals surface area contributed by atoms with Crippen molar-refractivity contribution in [2.24, 2.45) is 0 Å². The number of rotatable bonds is 2. The predicted octanol–water partition coefficient (Wildman–Crippen LogP) is 2.66. The number of nitrogens with zero attached hydrogens (tertiary/aromatic N) is 1. The summed E-state index contributed by atoms with van der Waals surface area (Å²) in [6.45, 7) is 7.43. The lowest BCUT2D eigenvalue weighted by Crippen LogP contribution is -2.18. The van der Waals surface area contributed by atoms with E-state index in [1.165, 1.54) is 0 Å². The van der Waals surface area contributed by atoms with Crippen molar-refractivity contribution in [1.82, 2.24) is 4.98 Å². The van der Waals surface area contributed by atoms with Crippen LogP contribution in [0.2, 0.25) is 0 Å². The number of carbonyl (C=O) groups excluding carboxylic acids is 1. The Balaban J connectivity index is 2.68. The third-order valence-corrected chi connectivity index (χ3v) is 1.67. The molecule has 0 bridgehead atoms. The Bertz CT molecular complexity index is 341. The first kappa shape index (κ1) is 11.5. The predicted molar refractivity (Wildman–Crippen MR) is 59.0 cm³/mol. The Kier molecular flexibility index (Phi) is 3.66. The van der Waals surface area contributed by atoms with Gasteiger partial charge in [-0.25, -0.2) is 9.78 Å². The summed E-state index contributed by atoms with van der Waals surface area (Å²) in [5.41, 5.74) is 1.93. The molecule has 0 aromatic carbocycles. The molecule has 1 aromatic heterocycles. The summed E-state index contributed by atoms with van der Waals surface area (Å²) in [6, 6.07) is 3.74. The molecule has 82 valence electrons. The van der Waals surface area contributed by atoms with E-state index in [1.54, 1.807) is 19.9 Å². The summed E-state index contributed by atoms with van der Waals surface area (Å²) in [4.78, 5) is 15.4. The van der Waals surface area contributed by atoms with Crippen LogP contribution in [0.3, 0.4) is 0 Å². The van der Waals surface area contributed by atoms with E-state index < -0.39 is 6.09 Å². The van der Waals surface area contributed by atoms with Crippen LogP contribution in [0.5, 0.6) is 0 Å². The number of carbonyl (C=O) groups is 1. The van der Waals surface area contributed by atoms with Crippen molar-refractivity contribution >= 4 is 11.9 Å². The van der Waals surface area contributed by atoms with E-state index >= 15 is 0 Å². The molecular weight excluding hydrogens is 192 g/mol. The zero-order chi connectivity index (χ0) is 11.4. The molecule has 0 aliphatic carbocycles. The maximum atomic E-state index is 11.3. The van der Waals surface area contributed by atoms with Crippen molar-refractivity contribution in [3.63, 3.8) is 0 Å². The average Bonchev–Trinajstić information content (AvgIpc) is 1.98.